The van der Waals surface area contributed by atoms with Crippen molar-refractivity contribution in [3.8, 4) is 5.75 Å². The molecule has 1 heterocycles. The molecule has 0 radical (unpaired) electrons. The third-order valence-electron chi connectivity index (χ3n) is 2.60. The Labute approximate surface area is 127 Å². The lowest BCUT2D eigenvalue weighted by atomic mass is 10.3. The quantitative estimate of drug-likeness (QED) is 0.871. The summed E-state index contributed by atoms with van der Waals surface area (Å²) in [5, 5.41) is 4.20. The van der Waals surface area contributed by atoms with E-state index in [0.717, 1.165) is 0 Å². The first kappa shape index (κ1) is 15.5. The molecule has 114 valence electrons. The fourth-order valence-electron chi connectivity index (χ4n) is 1.75. The normalized spacial score (nSPS) is 11.4. The van der Waals surface area contributed by atoms with Crippen LogP contribution in [0.4, 0.5) is 11.5 Å². The van der Waals surface area contributed by atoms with Gasteiger partial charge in [-0.2, -0.15) is 5.10 Å². The summed E-state index contributed by atoms with van der Waals surface area (Å²) in [5.74, 6) is 0.304. The number of ether oxygens (including phenoxy) is 1. The molecule has 0 fully saturated rings. The highest BCUT2D eigenvalue weighted by atomic mass is 35.5. The number of benzene rings is 1. The number of aromatic nitrogens is 2. The van der Waals surface area contributed by atoms with Gasteiger partial charge in [-0.3, -0.25) is 9.40 Å². The number of rotatable bonds is 5. The molecule has 0 saturated carbocycles. The molecule has 1 aromatic carbocycles. The Kier molecular flexibility index (Phi) is 4.29. The zero-order valence-corrected chi connectivity index (χ0v) is 13.1. The van der Waals surface area contributed by atoms with Crippen LogP contribution in [0.2, 0.25) is 5.02 Å². The third kappa shape index (κ3) is 3.40. The van der Waals surface area contributed by atoms with Crippen molar-refractivity contribution in [2.24, 2.45) is 7.05 Å². The summed E-state index contributed by atoms with van der Waals surface area (Å²) >= 11 is 5.90. The molecule has 0 aliphatic rings. The number of hydrogen-bond acceptors (Lipinski definition) is 5. The molecule has 1 aromatic heterocycles. The van der Waals surface area contributed by atoms with Crippen LogP contribution in [0.25, 0.3) is 0 Å². The van der Waals surface area contributed by atoms with Gasteiger partial charge < -0.3 is 10.5 Å². The van der Waals surface area contributed by atoms with Crippen LogP contribution >= 0.6 is 11.6 Å². The number of aryl methyl sites for hydroxylation is 1. The fraction of sp³-hybridized carbons (Fsp3) is 0.250. The zero-order chi connectivity index (χ0) is 15.6. The van der Waals surface area contributed by atoms with Gasteiger partial charge in [-0.05, 0) is 25.1 Å². The van der Waals surface area contributed by atoms with Crippen molar-refractivity contribution < 1.29 is 13.2 Å². The van der Waals surface area contributed by atoms with Crippen molar-refractivity contribution in [2.45, 2.75) is 11.8 Å². The molecule has 2 aromatic rings. The second-order valence-electron chi connectivity index (χ2n) is 4.23. The zero-order valence-electron chi connectivity index (χ0n) is 11.5. The van der Waals surface area contributed by atoms with E-state index in [1.54, 1.807) is 26.1 Å². The van der Waals surface area contributed by atoms with Crippen LogP contribution in [0, 0.1) is 0 Å². The molecule has 0 saturated heterocycles. The maximum absolute atomic E-state index is 12.4. The van der Waals surface area contributed by atoms with Gasteiger partial charge in [0.2, 0.25) is 0 Å². The van der Waals surface area contributed by atoms with Gasteiger partial charge >= 0.3 is 0 Å². The van der Waals surface area contributed by atoms with Crippen molar-refractivity contribution in [1.29, 1.82) is 0 Å². The smallest absolute Gasteiger partial charge is 0.267 e. The molecular formula is C12H15ClN4O3S. The maximum atomic E-state index is 12.4. The summed E-state index contributed by atoms with van der Waals surface area (Å²) in [6.07, 6.45) is 1.32. The van der Waals surface area contributed by atoms with Gasteiger partial charge in [-0.1, -0.05) is 11.6 Å². The number of halogens is 1. The van der Waals surface area contributed by atoms with E-state index in [0.29, 0.717) is 17.4 Å². The van der Waals surface area contributed by atoms with Crippen LogP contribution in [0.15, 0.2) is 29.3 Å². The highest BCUT2D eigenvalue weighted by Crippen LogP contribution is 2.30. The van der Waals surface area contributed by atoms with E-state index in [9.17, 15) is 8.42 Å². The summed E-state index contributed by atoms with van der Waals surface area (Å²) < 4.78 is 33.8. The van der Waals surface area contributed by atoms with Crippen molar-refractivity contribution in [2.75, 3.05) is 17.1 Å². The third-order valence-corrected chi connectivity index (χ3v) is 4.21. The Balaban J connectivity index is 2.41. The summed E-state index contributed by atoms with van der Waals surface area (Å²) in [6, 6.07) is 4.68. The van der Waals surface area contributed by atoms with Crippen LogP contribution < -0.4 is 15.2 Å². The molecule has 9 heteroatoms. The van der Waals surface area contributed by atoms with E-state index < -0.39 is 10.0 Å². The van der Waals surface area contributed by atoms with E-state index >= 15 is 0 Å². The first-order chi connectivity index (χ1) is 9.83. The number of nitrogen functional groups attached to an aromatic ring is 1. The summed E-state index contributed by atoms with van der Waals surface area (Å²) in [7, 11) is -2.29. The van der Waals surface area contributed by atoms with Crippen LogP contribution in [0.5, 0.6) is 5.75 Å². The lowest BCUT2D eigenvalue weighted by molar-refractivity contribution is 0.342. The molecule has 0 amide bonds. The average Bonchev–Trinajstić information content (AvgIpc) is 2.72. The van der Waals surface area contributed by atoms with Gasteiger partial charge in [-0.25, -0.2) is 8.42 Å². The Hall–Kier alpha value is -1.93. The summed E-state index contributed by atoms with van der Waals surface area (Å²) in [6.45, 7) is 2.19. The summed E-state index contributed by atoms with van der Waals surface area (Å²) in [4.78, 5) is -0.104. The molecule has 0 bridgehead atoms. The predicted octanol–water partition coefficient (Wildman–Crippen LogP) is 1.86. The van der Waals surface area contributed by atoms with Crippen LogP contribution in [0.1, 0.15) is 6.92 Å². The predicted molar refractivity (Wildman–Crippen MR) is 81.0 cm³/mol. The number of anilines is 2. The van der Waals surface area contributed by atoms with Gasteiger partial charge in [-0.15, -0.1) is 0 Å². The van der Waals surface area contributed by atoms with Gasteiger partial charge in [0.25, 0.3) is 10.0 Å². The van der Waals surface area contributed by atoms with E-state index in [2.05, 4.69) is 9.82 Å². The number of nitrogens with two attached hydrogens (primary N) is 1. The number of sulfonamides is 1. The van der Waals surface area contributed by atoms with Crippen LogP contribution in [-0.2, 0) is 17.1 Å². The van der Waals surface area contributed by atoms with Crippen molar-refractivity contribution in [1.82, 2.24) is 9.78 Å². The first-order valence-corrected chi connectivity index (χ1v) is 7.94. The Bertz CT molecular complexity index is 758. The molecule has 0 atom stereocenters. The summed E-state index contributed by atoms with van der Waals surface area (Å²) in [5.41, 5.74) is 5.84. The molecule has 0 aliphatic heterocycles. The maximum Gasteiger partial charge on any atom is 0.267 e. The number of nitrogens with zero attached hydrogens (tertiary/aromatic N) is 2. The van der Waals surface area contributed by atoms with Gasteiger partial charge in [0, 0.05) is 18.3 Å². The van der Waals surface area contributed by atoms with Crippen LogP contribution in [0.3, 0.4) is 0 Å². The van der Waals surface area contributed by atoms with Crippen molar-refractivity contribution >= 4 is 33.1 Å². The topological polar surface area (TPSA) is 99.2 Å². The monoisotopic (exact) mass is 330 g/mol. The van der Waals surface area contributed by atoms with E-state index in [4.69, 9.17) is 22.1 Å². The van der Waals surface area contributed by atoms with E-state index in [-0.39, 0.29) is 16.4 Å². The second kappa shape index (κ2) is 5.82. The number of hydrogen-bond donors (Lipinski definition) is 2. The van der Waals surface area contributed by atoms with Crippen molar-refractivity contribution in [3.05, 3.63) is 29.4 Å². The fourth-order valence-corrected chi connectivity index (χ4v) is 3.09. The Morgan fingerprint density at radius 3 is 2.76 bits per heavy atom. The average molecular weight is 331 g/mol. The largest absolute Gasteiger partial charge is 0.492 e. The van der Waals surface area contributed by atoms with E-state index in [1.807, 2.05) is 0 Å². The highest BCUT2D eigenvalue weighted by molar-refractivity contribution is 7.92. The molecule has 21 heavy (non-hydrogen) atoms. The number of nitrogens with one attached hydrogen (secondary N) is 1. The lowest BCUT2D eigenvalue weighted by Gasteiger charge is -2.12. The second-order valence-corrected chi connectivity index (χ2v) is 6.32. The molecule has 2 rings (SSSR count). The van der Waals surface area contributed by atoms with Gasteiger partial charge in [0.1, 0.15) is 10.6 Å². The Morgan fingerprint density at radius 2 is 2.19 bits per heavy atom. The molecule has 0 aliphatic carbocycles. The van der Waals surface area contributed by atoms with Gasteiger partial charge in [0.15, 0.2) is 5.82 Å². The Morgan fingerprint density at radius 1 is 1.48 bits per heavy atom. The van der Waals surface area contributed by atoms with Crippen molar-refractivity contribution in [3.63, 3.8) is 0 Å². The highest BCUT2D eigenvalue weighted by Gasteiger charge is 2.22. The molecule has 0 unspecified atom stereocenters. The van der Waals surface area contributed by atoms with Gasteiger partial charge in [0.05, 0.1) is 12.3 Å². The first-order valence-electron chi connectivity index (χ1n) is 6.07. The van der Waals surface area contributed by atoms with E-state index in [1.165, 1.54) is 16.9 Å². The molecule has 3 N–H and O–H groups in total. The standard InChI is InChI=1S/C12H15ClN4O3S/c1-3-20-10-5-4-8(13)6-9(10)16-21(18,19)11-7-17(2)15-12(11)14/h4-7,16H,3H2,1-2H3,(H2,14,15). The van der Waals surface area contributed by atoms with Crippen LogP contribution in [-0.4, -0.2) is 24.8 Å². The minimum atomic E-state index is -3.88. The minimum absolute atomic E-state index is 0.0787. The lowest BCUT2D eigenvalue weighted by Crippen LogP contribution is -2.14. The molecular weight excluding hydrogens is 316 g/mol. The SMILES string of the molecule is CCOc1ccc(Cl)cc1NS(=O)(=O)c1cn(C)nc1N. The molecule has 0 spiro atoms. The molecule has 7 nitrogen and oxygen atoms in total. The minimum Gasteiger partial charge on any atom is -0.492 e.